The van der Waals surface area contributed by atoms with Crippen molar-refractivity contribution in [3.63, 3.8) is 0 Å². The first-order chi connectivity index (χ1) is 11.2. The second-order valence-electron chi connectivity index (χ2n) is 7.87. The predicted molar refractivity (Wildman–Crippen MR) is 90.4 cm³/mol. The second kappa shape index (κ2) is 6.27. The number of hydrogen-bond acceptors (Lipinski definition) is 3. The second-order valence-corrected chi connectivity index (χ2v) is 7.87. The van der Waals surface area contributed by atoms with Crippen molar-refractivity contribution in [2.75, 3.05) is 13.1 Å². The fraction of sp³-hybridized carbons (Fsp3) is 0.650. The molecule has 23 heavy (non-hydrogen) atoms. The number of carbonyl (C=O) groups excluding carboxylic acids is 1. The normalized spacial score (nSPS) is 31.8. The maximum atomic E-state index is 11.9. The first kappa shape index (κ1) is 15.2. The SMILES string of the molecule is O=C1CCC2C(CCN(CC3CC3)[C@@H]2Cc2cccc(O)c2)C1. The highest BCUT2D eigenvalue weighted by Crippen LogP contribution is 2.42. The average molecular weight is 313 g/mol. The van der Waals surface area contributed by atoms with Gasteiger partial charge in [0.15, 0.2) is 0 Å². The van der Waals surface area contributed by atoms with Crippen molar-refractivity contribution >= 4 is 5.78 Å². The van der Waals surface area contributed by atoms with E-state index in [0.29, 0.717) is 29.4 Å². The largest absolute Gasteiger partial charge is 0.508 e. The van der Waals surface area contributed by atoms with Gasteiger partial charge in [-0.05, 0) is 74.1 Å². The van der Waals surface area contributed by atoms with Gasteiger partial charge in [-0.2, -0.15) is 0 Å². The van der Waals surface area contributed by atoms with Crippen LogP contribution >= 0.6 is 0 Å². The lowest BCUT2D eigenvalue weighted by atomic mass is 9.69. The van der Waals surface area contributed by atoms with E-state index in [2.05, 4.69) is 11.0 Å². The Balaban J connectivity index is 1.54. The standard InChI is InChI=1S/C20H27NO2/c22-17-3-1-2-15(10-17)11-20-19-7-6-18(23)12-16(19)8-9-21(20)13-14-4-5-14/h1-3,10,14,16,19-20,22H,4-9,11-13H2/t16?,19?,20-/m1/s1. The minimum Gasteiger partial charge on any atom is -0.508 e. The van der Waals surface area contributed by atoms with Crippen LogP contribution in [0.3, 0.4) is 0 Å². The van der Waals surface area contributed by atoms with Gasteiger partial charge in [-0.25, -0.2) is 0 Å². The number of ketones is 1. The molecule has 3 fully saturated rings. The van der Waals surface area contributed by atoms with E-state index in [9.17, 15) is 9.90 Å². The van der Waals surface area contributed by atoms with Gasteiger partial charge in [0.05, 0.1) is 0 Å². The third-order valence-electron chi connectivity index (χ3n) is 6.15. The number of Topliss-reactive ketones (excluding diaryl/α,β-unsaturated/α-hetero) is 1. The first-order valence-electron chi connectivity index (χ1n) is 9.22. The van der Waals surface area contributed by atoms with Crippen LogP contribution in [-0.2, 0) is 11.2 Å². The summed E-state index contributed by atoms with van der Waals surface area (Å²) in [5.41, 5.74) is 1.23. The molecule has 1 saturated heterocycles. The Labute approximate surface area is 138 Å². The lowest BCUT2D eigenvalue weighted by Gasteiger charge is -2.48. The van der Waals surface area contributed by atoms with Gasteiger partial charge >= 0.3 is 0 Å². The molecule has 1 aromatic rings. The van der Waals surface area contributed by atoms with Crippen LogP contribution in [-0.4, -0.2) is 34.9 Å². The lowest BCUT2D eigenvalue weighted by Crippen LogP contribution is -2.52. The van der Waals surface area contributed by atoms with E-state index in [4.69, 9.17) is 0 Å². The Kier molecular flexibility index (Phi) is 4.14. The van der Waals surface area contributed by atoms with Crippen molar-refractivity contribution < 1.29 is 9.90 Å². The molecule has 1 heterocycles. The van der Waals surface area contributed by atoms with Gasteiger partial charge in [0.2, 0.25) is 0 Å². The van der Waals surface area contributed by atoms with Gasteiger partial charge < -0.3 is 5.11 Å². The van der Waals surface area contributed by atoms with Crippen LogP contribution in [0.1, 0.15) is 44.1 Å². The van der Waals surface area contributed by atoms with Crippen LogP contribution in [0, 0.1) is 17.8 Å². The number of phenols is 1. The molecule has 3 atom stereocenters. The van der Waals surface area contributed by atoms with Crippen molar-refractivity contribution in [1.29, 1.82) is 0 Å². The van der Waals surface area contributed by atoms with Crippen LogP contribution in [0.25, 0.3) is 0 Å². The molecule has 124 valence electrons. The van der Waals surface area contributed by atoms with E-state index >= 15 is 0 Å². The van der Waals surface area contributed by atoms with Gasteiger partial charge in [0, 0.05) is 25.4 Å². The Morgan fingerprint density at radius 1 is 1.17 bits per heavy atom. The summed E-state index contributed by atoms with van der Waals surface area (Å²) in [6.45, 7) is 2.38. The Bertz CT molecular complexity index is 581. The van der Waals surface area contributed by atoms with Crippen molar-refractivity contribution in [2.24, 2.45) is 17.8 Å². The van der Waals surface area contributed by atoms with E-state index in [0.717, 1.165) is 38.1 Å². The molecule has 3 aliphatic rings. The smallest absolute Gasteiger partial charge is 0.133 e. The number of aromatic hydroxyl groups is 1. The molecule has 3 heteroatoms. The number of hydrogen-bond donors (Lipinski definition) is 1. The molecular formula is C20H27NO2. The number of phenolic OH excluding ortho intramolecular Hbond substituents is 1. The highest BCUT2D eigenvalue weighted by atomic mass is 16.3. The number of carbonyl (C=O) groups is 1. The van der Waals surface area contributed by atoms with Crippen molar-refractivity contribution in [3.05, 3.63) is 29.8 Å². The monoisotopic (exact) mass is 313 g/mol. The number of nitrogens with zero attached hydrogens (tertiary/aromatic N) is 1. The maximum absolute atomic E-state index is 11.9. The molecule has 2 saturated carbocycles. The molecule has 2 aliphatic carbocycles. The molecule has 1 N–H and O–H groups in total. The third-order valence-corrected chi connectivity index (χ3v) is 6.15. The van der Waals surface area contributed by atoms with E-state index < -0.39 is 0 Å². The average Bonchev–Trinajstić information content (AvgIpc) is 3.33. The molecule has 3 nitrogen and oxygen atoms in total. The summed E-state index contributed by atoms with van der Waals surface area (Å²) in [4.78, 5) is 14.6. The molecule has 1 aliphatic heterocycles. The number of benzene rings is 1. The summed E-state index contributed by atoms with van der Waals surface area (Å²) in [6.07, 6.45) is 7.63. The van der Waals surface area contributed by atoms with Crippen LogP contribution in [0.2, 0.25) is 0 Å². The number of piperidine rings is 1. The Hall–Kier alpha value is -1.35. The zero-order valence-electron chi connectivity index (χ0n) is 13.8. The molecule has 1 aromatic carbocycles. The summed E-state index contributed by atoms with van der Waals surface area (Å²) >= 11 is 0. The van der Waals surface area contributed by atoms with Gasteiger partial charge in [0.25, 0.3) is 0 Å². The maximum Gasteiger partial charge on any atom is 0.133 e. The summed E-state index contributed by atoms with van der Waals surface area (Å²) in [6, 6.07) is 8.28. The zero-order valence-corrected chi connectivity index (χ0v) is 13.8. The van der Waals surface area contributed by atoms with E-state index in [1.54, 1.807) is 6.07 Å². The van der Waals surface area contributed by atoms with Crippen molar-refractivity contribution in [3.8, 4) is 5.75 Å². The number of rotatable bonds is 4. The van der Waals surface area contributed by atoms with E-state index in [1.807, 2.05) is 12.1 Å². The van der Waals surface area contributed by atoms with Crippen LogP contribution in [0.5, 0.6) is 5.75 Å². The van der Waals surface area contributed by atoms with Gasteiger partial charge in [0.1, 0.15) is 11.5 Å². The van der Waals surface area contributed by atoms with Gasteiger partial charge in [-0.15, -0.1) is 0 Å². The minimum atomic E-state index is 0.363. The zero-order chi connectivity index (χ0) is 15.8. The number of fused-ring (bicyclic) bond motifs is 1. The fourth-order valence-electron chi connectivity index (χ4n) is 4.76. The summed E-state index contributed by atoms with van der Waals surface area (Å²) in [5, 5.41) is 9.77. The molecule has 0 aromatic heterocycles. The van der Waals surface area contributed by atoms with Crippen LogP contribution < -0.4 is 0 Å². The third kappa shape index (κ3) is 3.45. The van der Waals surface area contributed by atoms with E-state index in [-0.39, 0.29) is 0 Å². The minimum absolute atomic E-state index is 0.363. The van der Waals surface area contributed by atoms with Gasteiger partial charge in [-0.1, -0.05) is 12.1 Å². The fourth-order valence-corrected chi connectivity index (χ4v) is 4.76. The summed E-state index contributed by atoms with van der Waals surface area (Å²) in [5.74, 6) is 2.99. The summed E-state index contributed by atoms with van der Waals surface area (Å²) < 4.78 is 0. The number of likely N-dealkylation sites (tertiary alicyclic amines) is 1. The molecule has 4 rings (SSSR count). The highest BCUT2D eigenvalue weighted by Gasteiger charge is 2.42. The molecular weight excluding hydrogens is 286 g/mol. The molecule has 0 radical (unpaired) electrons. The topological polar surface area (TPSA) is 40.5 Å². The first-order valence-corrected chi connectivity index (χ1v) is 9.22. The van der Waals surface area contributed by atoms with Crippen molar-refractivity contribution in [2.45, 2.75) is 51.0 Å². The Morgan fingerprint density at radius 2 is 2.04 bits per heavy atom. The van der Waals surface area contributed by atoms with Crippen molar-refractivity contribution in [1.82, 2.24) is 4.90 Å². The molecule has 0 bridgehead atoms. The Morgan fingerprint density at radius 3 is 2.83 bits per heavy atom. The quantitative estimate of drug-likeness (QED) is 0.926. The van der Waals surface area contributed by atoms with E-state index in [1.165, 1.54) is 31.4 Å². The summed E-state index contributed by atoms with van der Waals surface area (Å²) in [7, 11) is 0. The van der Waals surface area contributed by atoms with Crippen LogP contribution in [0.15, 0.2) is 24.3 Å². The van der Waals surface area contributed by atoms with Crippen LogP contribution in [0.4, 0.5) is 0 Å². The molecule has 0 spiro atoms. The molecule has 0 amide bonds. The highest BCUT2D eigenvalue weighted by molar-refractivity contribution is 5.79. The predicted octanol–water partition coefficient (Wildman–Crippen LogP) is 3.40. The van der Waals surface area contributed by atoms with Gasteiger partial charge in [-0.3, -0.25) is 9.69 Å². The molecule has 2 unspecified atom stereocenters. The lowest BCUT2D eigenvalue weighted by molar-refractivity contribution is -0.125.